The van der Waals surface area contributed by atoms with E-state index in [2.05, 4.69) is 29.1 Å². The molecule has 3 aromatic rings. The zero-order valence-corrected chi connectivity index (χ0v) is 17.9. The second-order valence-corrected chi connectivity index (χ2v) is 8.33. The first kappa shape index (κ1) is 21.0. The number of esters is 1. The second-order valence-electron chi connectivity index (χ2n) is 8.33. The number of pyridine rings is 2. The van der Waals surface area contributed by atoms with E-state index in [9.17, 15) is 9.59 Å². The van der Waals surface area contributed by atoms with Crippen molar-refractivity contribution in [3.05, 3.63) is 60.4 Å². The Bertz CT molecular complexity index is 1080. The average molecular weight is 418 g/mol. The highest BCUT2D eigenvalue weighted by Crippen LogP contribution is 2.29. The summed E-state index contributed by atoms with van der Waals surface area (Å²) >= 11 is 0. The van der Waals surface area contributed by atoms with E-state index in [1.807, 2.05) is 36.4 Å². The maximum Gasteiger partial charge on any atom is 0.339 e. The van der Waals surface area contributed by atoms with Crippen molar-refractivity contribution < 1.29 is 14.3 Å². The van der Waals surface area contributed by atoms with Crippen LogP contribution in [0.4, 0.5) is 0 Å². The van der Waals surface area contributed by atoms with E-state index in [-0.39, 0.29) is 18.6 Å². The molecule has 0 radical (unpaired) electrons. The second kappa shape index (κ2) is 9.25. The van der Waals surface area contributed by atoms with Crippen LogP contribution in [0.25, 0.3) is 22.2 Å². The van der Waals surface area contributed by atoms with E-state index in [0.717, 1.165) is 18.4 Å². The summed E-state index contributed by atoms with van der Waals surface area (Å²) in [5.41, 5.74) is 2.60. The predicted molar refractivity (Wildman–Crippen MR) is 119 cm³/mol. The molecule has 1 aliphatic rings. The first-order chi connectivity index (χ1) is 15.0. The van der Waals surface area contributed by atoms with Crippen molar-refractivity contribution in [3.63, 3.8) is 0 Å². The summed E-state index contributed by atoms with van der Waals surface area (Å²) < 4.78 is 5.40. The third-order valence-electron chi connectivity index (χ3n) is 6.30. The molecule has 0 saturated heterocycles. The summed E-state index contributed by atoms with van der Waals surface area (Å²) in [4.78, 5) is 34.1. The Morgan fingerprint density at radius 2 is 1.87 bits per heavy atom. The van der Waals surface area contributed by atoms with E-state index < -0.39 is 5.97 Å². The lowest BCUT2D eigenvalue weighted by Crippen LogP contribution is -2.45. The largest absolute Gasteiger partial charge is 0.452 e. The fourth-order valence-electron chi connectivity index (χ4n) is 4.26. The van der Waals surface area contributed by atoms with Gasteiger partial charge in [-0.05, 0) is 42.5 Å². The minimum Gasteiger partial charge on any atom is -0.452 e. The lowest BCUT2D eigenvalue weighted by Gasteiger charge is -2.34. The summed E-state index contributed by atoms with van der Waals surface area (Å²) in [6.45, 7) is 4.10. The highest BCUT2D eigenvalue weighted by atomic mass is 16.5. The summed E-state index contributed by atoms with van der Waals surface area (Å²) in [5, 5.41) is 3.74. The Labute approximate surface area is 182 Å². The third kappa shape index (κ3) is 4.74. The Morgan fingerprint density at radius 1 is 1.10 bits per heavy atom. The monoisotopic (exact) mass is 417 g/mol. The van der Waals surface area contributed by atoms with Crippen molar-refractivity contribution in [2.75, 3.05) is 6.61 Å². The number of hydrogen-bond donors (Lipinski definition) is 1. The lowest BCUT2D eigenvalue weighted by atomic mass is 9.78. The number of benzene rings is 1. The number of hydrogen-bond acceptors (Lipinski definition) is 5. The first-order valence-electron chi connectivity index (χ1n) is 10.8. The summed E-state index contributed by atoms with van der Waals surface area (Å²) in [5.74, 6) is 0.206. The van der Waals surface area contributed by atoms with Crippen molar-refractivity contribution in [1.29, 1.82) is 0 Å². The maximum absolute atomic E-state index is 12.9. The lowest BCUT2D eigenvalue weighted by molar-refractivity contribution is -0.125. The molecule has 0 aliphatic heterocycles. The van der Waals surface area contributed by atoms with E-state index in [1.54, 1.807) is 18.5 Å². The Kier molecular flexibility index (Phi) is 6.26. The molecule has 1 N–H and O–H groups in total. The van der Waals surface area contributed by atoms with Crippen LogP contribution in [-0.4, -0.2) is 34.5 Å². The fourth-order valence-corrected chi connectivity index (χ4v) is 4.26. The molecule has 3 atom stereocenters. The molecule has 1 saturated carbocycles. The minimum atomic E-state index is -0.533. The van der Waals surface area contributed by atoms with Crippen LogP contribution < -0.4 is 5.32 Å². The molecule has 6 nitrogen and oxygen atoms in total. The summed E-state index contributed by atoms with van der Waals surface area (Å²) in [6, 6.07) is 12.9. The van der Waals surface area contributed by atoms with Crippen LogP contribution in [0.3, 0.4) is 0 Å². The Morgan fingerprint density at radius 3 is 2.68 bits per heavy atom. The van der Waals surface area contributed by atoms with Gasteiger partial charge in [0.05, 0.1) is 16.8 Å². The van der Waals surface area contributed by atoms with Crippen LogP contribution >= 0.6 is 0 Å². The van der Waals surface area contributed by atoms with Gasteiger partial charge in [-0.2, -0.15) is 0 Å². The van der Waals surface area contributed by atoms with Crippen LogP contribution in [0.2, 0.25) is 0 Å². The van der Waals surface area contributed by atoms with Crippen LogP contribution in [0.15, 0.2) is 54.9 Å². The quantitative estimate of drug-likeness (QED) is 0.623. The number of ether oxygens (including phenoxy) is 1. The molecule has 1 amide bonds. The third-order valence-corrected chi connectivity index (χ3v) is 6.30. The molecule has 0 unspecified atom stereocenters. The van der Waals surface area contributed by atoms with E-state index >= 15 is 0 Å². The molecule has 6 heteroatoms. The number of para-hydroxylation sites is 1. The van der Waals surface area contributed by atoms with Gasteiger partial charge in [0.25, 0.3) is 5.91 Å². The molecule has 160 valence electrons. The molecule has 1 aromatic carbocycles. The van der Waals surface area contributed by atoms with Gasteiger partial charge in [0.1, 0.15) is 0 Å². The van der Waals surface area contributed by atoms with E-state index in [4.69, 9.17) is 4.74 Å². The van der Waals surface area contributed by atoms with Crippen molar-refractivity contribution in [1.82, 2.24) is 15.3 Å². The minimum absolute atomic E-state index is 0.134. The number of aromatic nitrogens is 2. The van der Waals surface area contributed by atoms with Gasteiger partial charge in [0.2, 0.25) is 0 Å². The Hall–Kier alpha value is -3.28. The van der Waals surface area contributed by atoms with Gasteiger partial charge in [-0.3, -0.25) is 9.78 Å². The topological polar surface area (TPSA) is 81.2 Å². The van der Waals surface area contributed by atoms with Crippen LogP contribution in [0.1, 0.15) is 43.5 Å². The predicted octanol–water partition coefficient (Wildman–Crippen LogP) is 4.39. The van der Waals surface area contributed by atoms with Gasteiger partial charge in [-0.25, -0.2) is 9.78 Å². The normalized spacial score (nSPS) is 20.9. The van der Waals surface area contributed by atoms with Gasteiger partial charge < -0.3 is 10.1 Å². The maximum atomic E-state index is 12.9. The van der Waals surface area contributed by atoms with Crippen molar-refractivity contribution in [2.24, 2.45) is 11.8 Å². The molecule has 2 heterocycles. The average Bonchev–Trinajstić information content (AvgIpc) is 2.80. The van der Waals surface area contributed by atoms with Gasteiger partial charge >= 0.3 is 5.97 Å². The standard InChI is InChI=1S/C25H27N3O3/c1-16-6-5-9-21(17(16)2)28-24(29)15-31-25(30)20-14-23(18-10-12-26-13-11-18)27-22-8-4-3-7-19(20)22/h3-4,7-8,10-14,16-17,21H,5-6,9,15H2,1-2H3,(H,28,29)/t16-,17-,21-/m1/s1. The number of nitrogens with zero attached hydrogens (tertiary/aromatic N) is 2. The van der Waals surface area contributed by atoms with E-state index in [1.165, 1.54) is 6.42 Å². The highest BCUT2D eigenvalue weighted by molar-refractivity contribution is 6.05. The number of carbonyl (C=O) groups is 2. The van der Waals surface area contributed by atoms with Gasteiger partial charge in [0, 0.05) is 29.4 Å². The number of amides is 1. The van der Waals surface area contributed by atoms with Gasteiger partial charge in [-0.1, -0.05) is 44.9 Å². The van der Waals surface area contributed by atoms with Gasteiger partial charge in [0.15, 0.2) is 6.61 Å². The molecule has 2 aromatic heterocycles. The number of fused-ring (bicyclic) bond motifs is 1. The zero-order valence-electron chi connectivity index (χ0n) is 17.9. The number of carbonyl (C=O) groups excluding carboxylic acids is 2. The highest BCUT2D eigenvalue weighted by Gasteiger charge is 2.28. The fraction of sp³-hybridized carbons (Fsp3) is 0.360. The Balaban J connectivity index is 1.50. The molecule has 0 bridgehead atoms. The van der Waals surface area contributed by atoms with Crippen molar-refractivity contribution >= 4 is 22.8 Å². The van der Waals surface area contributed by atoms with Gasteiger partial charge in [-0.15, -0.1) is 0 Å². The summed E-state index contributed by atoms with van der Waals surface area (Å²) in [7, 11) is 0. The molecular weight excluding hydrogens is 390 g/mol. The molecule has 0 spiro atoms. The SMILES string of the molecule is C[C@@H]1[C@H](C)CCC[C@H]1NC(=O)COC(=O)c1cc(-c2ccncc2)nc2ccccc12. The van der Waals surface area contributed by atoms with Crippen molar-refractivity contribution in [2.45, 2.75) is 39.2 Å². The first-order valence-corrected chi connectivity index (χ1v) is 10.8. The molecule has 1 fully saturated rings. The van der Waals surface area contributed by atoms with E-state index in [0.29, 0.717) is 34.0 Å². The smallest absolute Gasteiger partial charge is 0.339 e. The number of rotatable bonds is 5. The molecule has 1 aliphatic carbocycles. The number of nitrogens with one attached hydrogen (secondary N) is 1. The van der Waals surface area contributed by atoms with Crippen molar-refractivity contribution in [3.8, 4) is 11.3 Å². The molecule has 31 heavy (non-hydrogen) atoms. The molecular formula is C25H27N3O3. The zero-order chi connectivity index (χ0) is 21.8. The summed E-state index contributed by atoms with van der Waals surface area (Å²) in [6.07, 6.45) is 6.63. The van der Waals surface area contributed by atoms with Crippen LogP contribution in [0, 0.1) is 11.8 Å². The van der Waals surface area contributed by atoms with Crippen LogP contribution in [-0.2, 0) is 9.53 Å². The molecule has 4 rings (SSSR count). The van der Waals surface area contributed by atoms with Crippen LogP contribution in [0.5, 0.6) is 0 Å².